The third-order valence-electron chi connectivity index (χ3n) is 4.25. The highest BCUT2D eigenvalue weighted by Gasteiger charge is 2.50. The van der Waals surface area contributed by atoms with Crippen LogP contribution in [0.2, 0.25) is 19.6 Å². The van der Waals surface area contributed by atoms with Gasteiger partial charge in [0, 0.05) is 6.54 Å². The smallest absolute Gasteiger partial charge is 0.410 e. The van der Waals surface area contributed by atoms with E-state index in [1.54, 1.807) is 20.8 Å². The van der Waals surface area contributed by atoms with Crippen LogP contribution in [0.25, 0.3) is 0 Å². The fourth-order valence-corrected chi connectivity index (χ4v) is 4.37. The molecule has 0 aliphatic carbocycles. The van der Waals surface area contributed by atoms with Gasteiger partial charge in [0.1, 0.15) is 22.9 Å². The summed E-state index contributed by atoms with van der Waals surface area (Å²) in [6.07, 6.45) is -0.775. The predicted molar refractivity (Wildman–Crippen MR) is 122 cm³/mol. The molecule has 2 fully saturated rings. The fraction of sp³-hybridized carbons (Fsp3) is 0.857. The number of nitriles is 1. The van der Waals surface area contributed by atoms with Crippen LogP contribution in [-0.4, -0.2) is 90.5 Å². The van der Waals surface area contributed by atoms with Gasteiger partial charge in [0.25, 0.3) is 0 Å². The number of aliphatic hydroxyl groups is 1. The van der Waals surface area contributed by atoms with Gasteiger partial charge >= 0.3 is 12.2 Å². The Kier molecular flexibility index (Phi) is 8.40. The monoisotopic (exact) mass is 472 g/mol. The van der Waals surface area contributed by atoms with Crippen LogP contribution in [0.15, 0.2) is 0 Å². The van der Waals surface area contributed by atoms with E-state index in [1.807, 2.05) is 40.4 Å². The maximum Gasteiger partial charge on any atom is 0.410 e. The fourth-order valence-electron chi connectivity index (χ4n) is 3.02. The summed E-state index contributed by atoms with van der Waals surface area (Å²) in [5, 5.41) is 18.8. The Balaban J connectivity index is 0.000000330. The van der Waals surface area contributed by atoms with Crippen molar-refractivity contribution in [1.82, 2.24) is 9.80 Å². The Hall–Kier alpha value is -1.87. The number of hydrogen-bond donors (Lipinski definition) is 2. The molecule has 2 aliphatic heterocycles. The quantitative estimate of drug-likeness (QED) is 0.597. The molecule has 11 heteroatoms. The third kappa shape index (κ3) is 8.94. The summed E-state index contributed by atoms with van der Waals surface area (Å²) in [5.74, 6) is 0. The van der Waals surface area contributed by atoms with E-state index in [-0.39, 0.29) is 25.7 Å². The maximum absolute atomic E-state index is 11.8. The molecule has 2 rings (SSSR count). The average Bonchev–Trinajstić information content (AvgIpc) is 2.51. The molecule has 0 aromatic carbocycles. The number of amides is 2. The van der Waals surface area contributed by atoms with E-state index in [4.69, 9.17) is 19.6 Å². The van der Waals surface area contributed by atoms with Crippen molar-refractivity contribution in [2.45, 2.75) is 83.6 Å². The molecule has 0 aromatic rings. The SMILES string of the molecule is CC(C)(C)OC(=O)N1CC(C#N)(O[Si](C)(C)C)C1.CC(C)(C)OC(=O)N1CC(O)(CN)C1. The molecule has 2 aliphatic rings. The van der Waals surface area contributed by atoms with E-state index < -0.39 is 36.8 Å². The first kappa shape index (κ1) is 28.2. The van der Waals surface area contributed by atoms with Gasteiger partial charge in [-0.15, -0.1) is 0 Å². The Morgan fingerprint density at radius 2 is 1.34 bits per heavy atom. The molecule has 10 nitrogen and oxygen atoms in total. The van der Waals surface area contributed by atoms with Crippen molar-refractivity contribution in [1.29, 1.82) is 5.26 Å². The summed E-state index contributed by atoms with van der Waals surface area (Å²) in [6.45, 7) is 18.3. The summed E-state index contributed by atoms with van der Waals surface area (Å²) in [4.78, 5) is 26.1. The molecule has 3 N–H and O–H groups in total. The zero-order valence-electron chi connectivity index (χ0n) is 20.9. The molecular formula is C21H40N4O6Si. The standard InChI is InChI=1S/C12H22N2O3Si.C9H18N2O3/c1-11(2,3)16-10(15)14-8-12(7-13,9-14)17-18(4,5)6;1-8(2,3)14-7(12)11-5-9(13,4-10)6-11/h8-9H2,1-6H3;13H,4-6,10H2,1-3H3. The number of carbonyl (C=O) groups excluding carboxylic acids is 2. The minimum atomic E-state index is -1.80. The summed E-state index contributed by atoms with van der Waals surface area (Å²) in [5.41, 5.74) is 2.59. The highest BCUT2D eigenvalue weighted by atomic mass is 28.4. The number of hydrogen-bond acceptors (Lipinski definition) is 8. The minimum Gasteiger partial charge on any atom is -0.444 e. The molecule has 0 atom stereocenters. The summed E-state index contributed by atoms with van der Waals surface area (Å²) in [7, 11) is -1.80. The zero-order chi connectivity index (χ0) is 25.2. The van der Waals surface area contributed by atoms with Gasteiger partial charge in [0.05, 0.1) is 26.2 Å². The Morgan fingerprint density at radius 1 is 0.969 bits per heavy atom. The summed E-state index contributed by atoms with van der Waals surface area (Å²) in [6, 6.07) is 2.18. The van der Waals surface area contributed by atoms with Gasteiger partial charge in [-0.3, -0.25) is 0 Å². The average molecular weight is 473 g/mol. The van der Waals surface area contributed by atoms with Gasteiger partial charge in [-0.25, -0.2) is 9.59 Å². The Bertz CT molecular complexity index is 721. The molecule has 2 saturated heterocycles. The summed E-state index contributed by atoms with van der Waals surface area (Å²) < 4.78 is 16.2. The highest BCUT2D eigenvalue weighted by Crippen LogP contribution is 2.29. The van der Waals surface area contributed by atoms with Crippen LogP contribution in [0.5, 0.6) is 0 Å². The molecule has 0 saturated carbocycles. The van der Waals surface area contributed by atoms with Crippen LogP contribution < -0.4 is 5.73 Å². The van der Waals surface area contributed by atoms with E-state index in [1.165, 1.54) is 9.80 Å². The normalized spacial score (nSPS) is 19.4. The van der Waals surface area contributed by atoms with E-state index in [2.05, 4.69) is 6.07 Å². The zero-order valence-corrected chi connectivity index (χ0v) is 21.9. The molecule has 0 unspecified atom stereocenters. The first-order chi connectivity index (χ1) is 14.2. The predicted octanol–water partition coefficient (Wildman–Crippen LogP) is 2.28. The van der Waals surface area contributed by atoms with Crippen molar-refractivity contribution in [2.24, 2.45) is 5.73 Å². The molecule has 2 heterocycles. The van der Waals surface area contributed by atoms with E-state index >= 15 is 0 Å². The van der Waals surface area contributed by atoms with Crippen LogP contribution >= 0.6 is 0 Å². The molecule has 184 valence electrons. The topological polar surface area (TPSA) is 138 Å². The van der Waals surface area contributed by atoms with E-state index in [0.717, 1.165) is 0 Å². The number of nitrogens with two attached hydrogens (primary N) is 1. The number of β-amino-alcohol motifs (C(OH)–C–C–N with tert-alkyl or cyclic N) is 1. The second kappa shape index (κ2) is 9.55. The van der Waals surface area contributed by atoms with Crippen molar-refractivity contribution in [2.75, 3.05) is 32.7 Å². The van der Waals surface area contributed by atoms with Gasteiger partial charge in [-0.2, -0.15) is 5.26 Å². The first-order valence-corrected chi connectivity index (χ1v) is 14.1. The number of ether oxygens (including phenoxy) is 2. The maximum atomic E-state index is 11.8. The van der Waals surface area contributed by atoms with Crippen molar-refractivity contribution in [3.05, 3.63) is 0 Å². The first-order valence-electron chi connectivity index (χ1n) is 10.7. The molecule has 0 spiro atoms. The molecule has 0 aromatic heterocycles. The van der Waals surface area contributed by atoms with Crippen molar-refractivity contribution in [3.63, 3.8) is 0 Å². The van der Waals surface area contributed by atoms with Gasteiger partial charge in [0.15, 0.2) is 13.9 Å². The molecular weight excluding hydrogens is 432 g/mol. The lowest BCUT2D eigenvalue weighted by molar-refractivity contribution is -0.0918. The Labute approximate surface area is 192 Å². The van der Waals surface area contributed by atoms with Crippen molar-refractivity contribution in [3.8, 4) is 6.07 Å². The van der Waals surface area contributed by atoms with Gasteiger partial charge < -0.3 is 34.5 Å². The second-order valence-electron chi connectivity index (χ2n) is 11.4. The summed E-state index contributed by atoms with van der Waals surface area (Å²) >= 11 is 0. The minimum absolute atomic E-state index is 0.173. The number of rotatable bonds is 3. The van der Waals surface area contributed by atoms with Crippen LogP contribution in [-0.2, 0) is 13.9 Å². The number of nitrogens with zero attached hydrogens (tertiary/aromatic N) is 3. The van der Waals surface area contributed by atoms with Gasteiger partial charge in [-0.1, -0.05) is 0 Å². The van der Waals surface area contributed by atoms with E-state index in [0.29, 0.717) is 13.1 Å². The molecule has 0 bridgehead atoms. The lowest BCUT2D eigenvalue weighted by Gasteiger charge is -2.47. The van der Waals surface area contributed by atoms with Crippen LogP contribution in [0.3, 0.4) is 0 Å². The van der Waals surface area contributed by atoms with E-state index in [9.17, 15) is 20.0 Å². The molecule has 2 amide bonds. The van der Waals surface area contributed by atoms with Crippen molar-refractivity contribution < 1.29 is 28.6 Å². The lowest BCUT2D eigenvalue weighted by atomic mass is 9.95. The second-order valence-corrected chi connectivity index (χ2v) is 15.9. The van der Waals surface area contributed by atoms with Crippen LogP contribution in [0.1, 0.15) is 41.5 Å². The third-order valence-corrected chi connectivity index (χ3v) is 5.25. The van der Waals surface area contributed by atoms with Gasteiger partial charge in [-0.05, 0) is 61.2 Å². The number of carbonyl (C=O) groups is 2. The largest absolute Gasteiger partial charge is 0.444 e. The lowest BCUT2D eigenvalue weighted by Crippen LogP contribution is -2.67. The van der Waals surface area contributed by atoms with Crippen LogP contribution in [0, 0.1) is 11.3 Å². The van der Waals surface area contributed by atoms with Crippen LogP contribution in [0.4, 0.5) is 9.59 Å². The number of likely N-dealkylation sites (tertiary alicyclic amines) is 2. The molecule has 0 radical (unpaired) electrons. The Morgan fingerprint density at radius 3 is 1.62 bits per heavy atom. The van der Waals surface area contributed by atoms with Crippen molar-refractivity contribution >= 4 is 20.5 Å². The van der Waals surface area contributed by atoms with Gasteiger partial charge in [0.2, 0.25) is 0 Å². The molecule has 32 heavy (non-hydrogen) atoms. The highest BCUT2D eigenvalue weighted by molar-refractivity contribution is 6.69.